The summed E-state index contributed by atoms with van der Waals surface area (Å²) in [4.78, 5) is 26.7. The molecule has 25 heavy (non-hydrogen) atoms. The number of nitrogens with one attached hydrogen (secondary N) is 2. The van der Waals surface area contributed by atoms with Gasteiger partial charge in [-0.1, -0.05) is 32.0 Å². The second-order valence-electron chi connectivity index (χ2n) is 7.46. The van der Waals surface area contributed by atoms with Crippen molar-refractivity contribution in [2.75, 3.05) is 18.4 Å². The number of carbonyl (C=O) groups is 2. The lowest BCUT2D eigenvalue weighted by atomic mass is 9.96. The first kappa shape index (κ1) is 19.3. The third-order valence-electron chi connectivity index (χ3n) is 4.67. The number of piperidine rings is 1. The zero-order chi connectivity index (χ0) is 18.2. The Labute approximate surface area is 151 Å². The van der Waals surface area contributed by atoms with Gasteiger partial charge in [-0.25, -0.2) is 4.79 Å². The van der Waals surface area contributed by atoms with Crippen molar-refractivity contribution in [1.82, 2.24) is 10.2 Å². The smallest absolute Gasteiger partial charge is 0.321 e. The van der Waals surface area contributed by atoms with E-state index in [1.54, 1.807) is 4.90 Å². The van der Waals surface area contributed by atoms with Crippen LogP contribution < -0.4 is 10.6 Å². The molecule has 0 spiro atoms. The van der Waals surface area contributed by atoms with E-state index >= 15 is 0 Å². The summed E-state index contributed by atoms with van der Waals surface area (Å²) in [6.45, 7) is 7.63. The summed E-state index contributed by atoms with van der Waals surface area (Å²) in [5.74, 6) is 0.608. The first-order valence-electron chi connectivity index (χ1n) is 9.37. The van der Waals surface area contributed by atoms with Crippen LogP contribution >= 0.6 is 0 Å². The Morgan fingerprint density at radius 1 is 1.16 bits per heavy atom. The summed E-state index contributed by atoms with van der Waals surface area (Å²) in [6.07, 6.45) is 3.81. The minimum atomic E-state index is -0.128. The van der Waals surface area contributed by atoms with Crippen LogP contribution in [0.15, 0.2) is 30.3 Å². The van der Waals surface area contributed by atoms with Crippen LogP contribution in [-0.4, -0.2) is 36.0 Å². The molecule has 1 fully saturated rings. The van der Waals surface area contributed by atoms with Gasteiger partial charge in [0.1, 0.15) is 0 Å². The lowest BCUT2D eigenvalue weighted by molar-refractivity contribution is -0.126. The van der Waals surface area contributed by atoms with E-state index in [1.807, 2.05) is 30.3 Å². The third-order valence-corrected chi connectivity index (χ3v) is 4.67. The van der Waals surface area contributed by atoms with Gasteiger partial charge < -0.3 is 15.5 Å². The Morgan fingerprint density at radius 3 is 2.56 bits per heavy atom. The number of likely N-dealkylation sites (tertiary alicyclic amines) is 1. The molecule has 1 aromatic rings. The lowest BCUT2D eigenvalue weighted by Gasteiger charge is -2.32. The van der Waals surface area contributed by atoms with E-state index in [0.29, 0.717) is 19.0 Å². The molecule has 2 atom stereocenters. The molecule has 0 aromatic heterocycles. The zero-order valence-corrected chi connectivity index (χ0v) is 15.6. The molecule has 0 saturated carbocycles. The summed E-state index contributed by atoms with van der Waals surface area (Å²) in [6, 6.07) is 9.48. The van der Waals surface area contributed by atoms with Gasteiger partial charge in [0.15, 0.2) is 0 Å². The Kier molecular flexibility index (Phi) is 7.29. The van der Waals surface area contributed by atoms with E-state index in [0.717, 1.165) is 31.4 Å². The number of benzene rings is 1. The summed E-state index contributed by atoms with van der Waals surface area (Å²) >= 11 is 0. The molecule has 5 heteroatoms. The van der Waals surface area contributed by atoms with Crippen molar-refractivity contribution >= 4 is 17.6 Å². The molecule has 1 saturated heterocycles. The Bertz CT molecular complexity index is 559. The summed E-state index contributed by atoms with van der Waals surface area (Å²) in [5, 5.41) is 6.02. The molecule has 0 bridgehead atoms. The number of anilines is 1. The van der Waals surface area contributed by atoms with Gasteiger partial charge in [-0.05, 0) is 50.7 Å². The van der Waals surface area contributed by atoms with E-state index in [4.69, 9.17) is 0 Å². The number of nitrogens with zero attached hydrogens (tertiary/aromatic N) is 1. The maximum atomic E-state index is 12.5. The molecule has 1 aliphatic heterocycles. The second kappa shape index (κ2) is 9.44. The molecule has 2 N–H and O–H groups in total. The van der Waals surface area contributed by atoms with Gasteiger partial charge in [-0.2, -0.15) is 0 Å². The van der Waals surface area contributed by atoms with Crippen molar-refractivity contribution in [1.29, 1.82) is 0 Å². The molecule has 138 valence electrons. The van der Waals surface area contributed by atoms with Gasteiger partial charge in [0.2, 0.25) is 5.91 Å². The quantitative estimate of drug-likeness (QED) is 0.822. The van der Waals surface area contributed by atoms with Crippen LogP contribution in [0.3, 0.4) is 0 Å². The van der Waals surface area contributed by atoms with Crippen LogP contribution in [0.1, 0.15) is 46.5 Å². The molecule has 5 nitrogen and oxygen atoms in total. The monoisotopic (exact) mass is 345 g/mol. The fourth-order valence-corrected chi connectivity index (χ4v) is 3.12. The first-order chi connectivity index (χ1) is 12.0. The molecule has 0 unspecified atom stereocenters. The van der Waals surface area contributed by atoms with Gasteiger partial charge in [0.05, 0.1) is 5.92 Å². The molecule has 0 aliphatic carbocycles. The van der Waals surface area contributed by atoms with Crippen LogP contribution in [0.4, 0.5) is 10.5 Å². The molecule has 1 heterocycles. The predicted molar refractivity (Wildman–Crippen MR) is 101 cm³/mol. The van der Waals surface area contributed by atoms with E-state index in [1.165, 1.54) is 0 Å². The highest BCUT2D eigenvalue weighted by atomic mass is 16.2. The highest BCUT2D eigenvalue weighted by Gasteiger charge is 2.29. The van der Waals surface area contributed by atoms with Crippen molar-refractivity contribution in [3.05, 3.63) is 30.3 Å². The maximum absolute atomic E-state index is 12.5. The number of hydrogen-bond donors (Lipinski definition) is 2. The predicted octanol–water partition coefficient (Wildman–Crippen LogP) is 3.87. The molecule has 1 aromatic carbocycles. The maximum Gasteiger partial charge on any atom is 0.321 e. The van der Waals surface area contributed by atoms with Crippen LogP contribution in [0.2, 0.25) is 0 Å². The minimum absolute atomic E-state index is 0.0773. The molecule has 3 amide bonds. The number of rotatable bonds is 6. The van der Waals surface area contributed by atoms with Crippen LogP contribution in [0, 0.1) is 11.8 Å². The first-order valence-corrected chi connectivity index (χ1v) is 9.37. The molecule has 1 aliphatic rings. The van der Waals surface area contributed by atoms with E-state index < -0.39 is 0 Å². The van der Waals surface area contributed by atoms with Gasteiger partial charge >= 0.3 is 6.03 Å². The minimum Gasteiger partial charge on any atom is -0.353 e. The molecule has 2 rings (SSSR count). The number of carbonyl (C=O) groups excluding carboxylic acids is 2. The van der Waals surface area contributed by atoms with Crippen molar-refractivity contribution in [3.8, 4) is 0 Å². The number of amides is 3. The highest BCUT2D eigenvalue weighted by molar-refractivity contribution is 5.90. The van der Waals surface area contributed by atoms with Crippen molar-refractivity contribution < 1.29 is 9.59 Å². The van der Waals surface area contributed by atoms with Crippen LogP contribution in [-0.2, 0) is 4.79 Å². The second-order valence-corrected chi connectivity index (χ2v) is 7.46. The average Bonchev–Trinajstić information content (AvgIpc) is 2.61. The number of para-hydroxylation sites is 1. The summed E-state index contributed by atoms with van der Waals surface area (Å²) in [7, 11) is 0. The zero-order valence-electron chi connectivity index (χ0n) is 15.6. The number of urea groups is 1. The average molecular weight is 345 g/mol. The van der Waals surface area contributed by atoms with Gasteiger partial charge in [-0.15, -0.1) is 0 Å². The van der Waals surface area contributed by atoms with Crippen molar-refractivity contribution in [2.24, 2.45) is 11.8 Å². The summed E-state index contributed by atoms with van der Waals surface area (Å²) in [5.41, 5.74) is 0.779. The fourth-order valence-electron chi connectivity index (χ4n) is 3.12. The van der Waals surface area contributed by atoms with Crippen LogP contribution in [0.25, 0.3) is 0 Å². The Morgan fingerprint density at radius 2 is 1.88 bits per heavy atom. The van der Waals surface area contributed by atoms with Gasteiger partial charge in [0.25, 0.3) is 0 Å². The highest BCUT2D eigenvalue weighted by Crippen LogP contribution is 2.19. The van der Waals surface area contributed by atoms with E-state index in [9.17, 15) is 9.59 Å². The van der Waals surface area contributed by atoms with Crippen molar-refractivity contribution in [3.63, 3.8) is 0 Å². The van der Waals surface area contributed by atoms with E-state index in [-0.39, 0.29) is 23.9 Å². The van der Waals surface area contributed by atoms with Gasteiger partial charge in [0, 0.05) is 24.8 Å². The van der Waals surface area contributed by atoms with Gasteiger partial charge in [-0.3, -0.25) is 4.79 Å². The number of hydrogen-bond acceptors (Lipinski definition) is 2. The topological polar surface area (TPSA) is 61.4 Å². The van der Waals surface area contributed by atoms with Crippen molar-refractivity contribution in [2.45, 2.75) is 52.5 Å². The van der Waals surface area contributed by atoms with Crippen LogP contribution in [0.5, 0.6) is 0 Å². The third kappa shape index (κ3) is 6.40. The van der Waals surface area contributed by atoms with E-state index in [2.05, 4.69) is 31.4 Å². The Balaban J connectivity index is 1.83. The largest absolute Gasteiger partial charge is 0.353 e. The standard InChI is InChI=1S/C20H31N3O2/c1-15(2)11-12-16(3)21-19(24)17-8-7-13-23(14-17)20(25)22-18-9-5-4-6-10-18/h4-6,9-10,15-17H,7-8,11-14H2,1-3H3,(H,21,24)(H,22,25)/t16-,17+/m1/s1. The molecular weight excluding hydrogens is 314 g/mol. The fraction of sp³-hybridized carbons (Fsp3) is 0.600. The lowest BCUT2D eigenvalue weighted by Crippen LogP contribution is -2.48. The normalized spacial score (nSPS) is 18.7. The Hall–Kier alpha value is -2.04. The summed E-state index contributed by atoms with van der Waals surface area (Å²) < 4.78 is 0. The molecular formula is C20H31N3O2. The SMILES string of the molecule is CC(C)CC[C@@H](C)NC(=O)[C@H]1CCCN(C(=O)Nc2ccccc2)C1. The molecule has 0 radical (unpaired) electrons.